The van der Waals surface area contributed by atoms with E-state index in [1.807, 2.05) is 30.0 Å². The van der Waals surface area contributed by atoms with E-state index in [0.717, 1.165) is 12.1 Å². The average molecular weight is 357 g/mol. The average Bonchev–Trinajstić information content (AvgIpc) is 2.76. The molecular formula is C23H23N3O. The predicted molar refractivity (Wildman–Crippen MR) is 105 cm³/mol. The minimum atomic E-state index is -0.211. The molecule has 1 aliphatic heterocycles. The second-order valence-electron chi connectivity index (χ2n) is 7.15. The van der Waals surface area contributed by atoms with Gasteiger partial charge in [0.05, 0.1) is 11.7 Å². The monoisotopic (exact) mass is 357 g/mol. The molecule has 136 valence electrons. The lowest BCUT2D eigenvalue weighted by molar-refractivity contribution is -0.137. The molecule has 1 aromatic heterocycles. The van der Waals surface area contributed by atoms with Crippen molar-refractivity contribution in [2.24, 2.45) is 0 Å². The molecule has 1 aliphatic rings. The Balaban J connectivity index is 1.77. The summed E-state index contributed by atoms with van der Waals surface area (Å²) in [5, 5.41) is 0. The van der Waals surface area contributed by atoms with Crippen molar-refractivity contribution in [3.63, 3.8) is 0 Å². The Bertz CT molecular complexity index is 857. The zero-order valence-corrected chi connectivity index (χ0v) is 15.5. The quantitative estimate of drug-likeness (QED) is 0.705. The highest BCUT2D eigenvalue weighted by molar-refractivity contribution is 5.78. The third-order valence-electron chi connectivity index (χ3n) is 5.68. The molecule has 1 amide bonds. The Hall–Kier alpha value is -3.01. The van der Waals surface area contributed by atoms with Gasteiger partial charge in [-0.3, -0.25) is 4.79 Å². The summed E-state index contributed by atoms with van der Waals surface area (Å²) in [5.74, 6) is 0.184. The summed E-state index contributed by atoms with van der Waals surface area (Å²) in [6.45, 7) is 2.69. The normalized spacial score (nSPS) is 17.5. The number of aromatic nitrogens is 2. The van der Waals surface area contributed by atoms with Gasteiger partial charge in [-0.2, -0.15) is 0 Å². The van der Waals surface area contributed by atoms with Crippen LogP contribution in [0.15, 0.2) is 79.3 Å². The van der Waals surface area contributed by atoms with Gasteiger partial charge in [-0.05, 0) is 30.5 Å². The van der Waals surface area contributed by atoms with Crippen molar-refractivity contribution in [1.29, 1.82) is 0 Å². The summed E-state index contributed by atoms with van der Waals surface area (Å²) in [6.07, 6.45) is 4.61. The fourth-order valence-electron chi connectivity index (χ4n) is 4.13. The van der Waals surface area contributed by atoms with E-state index in [9.17, 15) is 4.79 Å². The Labute approximate surface area is 159 Å². The van der Waals surface area contributed by atoms with Crippen LogP contribution in [0.4, 0.5) is 0 Å². The summed E-state index contributed by atoms with van der Waals surface area (Å²) in [4.78, 5) is 23.2. The Morgan fingerprint density at radius 1 is 0.963 bits per heavy atom. The maximum atomic E-state index is 12.8. The second kappa shape index (κ2) is 7.31. The maximum Gasteiger partial charge on any atom is 0.223 e. The lowest BCUT2D eigenvalue weighted by atomic mass is 9.69. The van der Waals surface area contributed by atoms with E-state index in [2.05, 4.69) is 58.5 Å². The van der Waals surface area contributed by atoms with Gasteiger partial charge in [-0.1, -0.05) is 60.7 Å². The molecule has 4 nitrogen and oxygen atoms in total. The smallest absolute Gasteiger partial charge is 0.223 e. The largest absolute Gasteiger partial charge is 0.333 e. The molecule has 0 bridgehead atoms. The van der Waals surface area contributed by atoms with E-state index in [-0.39, 0.29) is 17.4 Å². The Kier molecular flexibility index (Phi) is 4.71. The van der Waals surface area contributed by atoms with Gasteiger partial charge >= 0.3 is 0 Å². The molecule has 1 fully saturated rings. The summed E-state index contributed by atoms with van der Waals surface area (Å²) >= 11 is 0. The van der Waals surface area contributed by atoms with Gasteiger partial charge in [0.2, 0.25) is 5.91 Å². The number of likely N-dealkylation sites (tertiary alicyclic amines) is 1. The van der Waals surface area contributed by atoms with Crippen molar-refractivity contribution < 1.29 is 4.79 Å². The van der Waals surface area contributed by atoms with E-state index in [0.29, 0.717) is 13.0 Å². The molecule has 4 heteroatoms. The third-order valence-corrected chi connectivity index (χ3v) is 5.68. The van der Waals surface area contributed by atoms with Crippen LogP contribution in [0.5, 0.6) is 0 Å². The molecule has 1 saturated heterocycles. The van der Waals surface area contributed by atoms with Crippen molar-refractivity contribution in [3.05, 3.63) is 96.1 Å². The van der Waals surface area contributed by atoms with Crippen LogP contribution in [0.2, 0.25) is 0 Å². The molecule has 27 heavy (non-hydrogen) atoms. The van der Waals surface area contributed by atoms with E-state index in [4.69, 9.17) is 0 Å². The number of piperidine rings is 1. The van der Waals surface area contributed by atoms with Crippen LogP contribution in [0.25, 0.3) is 0 Å². The van der Waals surface area contributed by atoms with Crippen LogP contribution in [-0.4, -0.2) is 27.3 Å². The number of hydrogen-bond donors (Lipinski definition) is 0. The Morgan fingerprint density at radius 3 is 2.15 bits per heavy atom. The van der Waals surface area contributed by atoms with Gasteiger partial charge in [-0.25, -0.2) is 9.97 Å². The third kappa shape index (κ3) is 3.23. The SMILES string of the molecule is CC(c1ccncn1)N1CC(c2ccccc2)(c2ccccc2)CCC1=O. The van der Waals surface area contributed by atoms with E-state index < -0.39 is 0 Å². The molecule has 1 unspecified atom stereocenters. The molecular weight excluding hydrogens is 334 g/mol. The number of nitrogens with zero attached hydrogens (tertiary/aromatic N) is 3. The van der Waals surface area contributed by atoms with Crippen LogP contribution < -0.4 is 0 Å². The highest BCUT2D eigenvalue weighted by Crippen LogP contribution is 2.42. The van der Waals surface area contributed by atoms with Crippen molar-refractivity contribution in [2.75, 3.05) is 6.54 Å². The van der Waals surface area contributed by atoms with Crippen LogP contribution >= 0.6 is 0 Å². The molecule has 0 aliphatic carbocycles. The number of amides is 1. The summed E-state index contributed by atoms with van der Waals surface area (Å²) in [6, 6.07) is 22.9. The van der Waals surface area contributed by atoms with Crippen molar-refractivity contribution in [3.8, 4) is 0 Å². The van der Waals surface area contributed by atoms with Crippen LogP contribution in [0.3, 0.4) is 0 Å². The minimum absolute atomic E-state index is 0.0902. The number of hydrogen-bond acceptors (Lipinski definition) is 3. The molecule has 3 aromatic rings. The van der Waals surface area contributed by atoms with Gasteiger partial charge < -0.3 is 4.90 Å². The second-order valence-corrected chi connectivity index (χ2v) is 7.15. The first-order chi connectivity index (χ1) is 13.2. The zero-order chi connectivity index (χ0) is 18.7. The Morgan fingerprint density at radius 2 is 1.59 bits per heavy atom. The molecule has 0 spiro atoms. The summed E-state index contributed by atoms with van der Waals surface area (Å²) < 4.78 is 0. The zero-order valence-electron chi connectivity index (χ0n) is 15.5. The fourth-order valence-corrected chi connectivity index (χ4v) is 4.13. The number of benzene rings is 2. The van der Waals surface area contributed by atoms with Gasteiger partial charge in [0.1, 0.15) is 6.33 Å². The highest BCUT2D eigenvalue weighted by atomic mass is 16.2. The fraction of sp³-hybridized carbons (Fsp3) is 0.261. The van der Waals surface area contributed by atoms with Gasteiger partial charge in [-0.15, -0.1) is 0 Å². The lowest BCUT2D eigenvalue weighted by Crippen LogP contribution is -2.50. The first-order valence-corrected chi connectivity index (χ1v) is 9.37. The molecule has 1 atom stereocenters. The lowest BCUT2D eigenvalue weighted by Gasteiger charge is -2.45. The van der Waals surface area contributed by atoms with Crippen LogP contribution in [0, 0.1) is 0 Å². The number of carbonyl (C=O) groups excluding carboxylic acids is 1. The van der Waals surface area contributed by atoms with Crippen LogP contribution in [0.1, 0.15) is 42.6 Å². The minimum Gasteiger partial charge on any atom is -0.333 e. The van der Waals surface area contributed by atoms with Gasteiger partial charge in [0.15, 0.2) is 0 Å². The summed E-state index contributed by atoms with van der Waals surface area (Å²) in [5.41, 5.74) is 3.17. The standard InChI is InChI=1S/C23H23N3O/c1-18(21-13-15-24-17-25-21)26-16-23(14-12-22(26)27,19-8-4-2-5-9-19)20-10-6-3-7-11-20/h2-11,13,15,17-18H,12,14,16H2,1H3. The highest BCUT2D eigenvalue weighted by Gasteiger charge is 2.43. The topological polar surface area (TPSA) is 46.1 Å². The van der Waals surface area contributed by atoms with E-state index in [1.165, 1.54) is 11.1 Å². The van der Waals surface area contributed by atoms with E-state index >= 15 is 0 Å². The molecule has 0 saturated carbocycles. The van der Waals surface area contributed by atoms with Crippen molar-refractivity contribution >= 4 is 5.91 Å². The molecule has 0 radical (unpaired) electrons. The first-order valence-electron chi connectivity index (χ1n) is 9.37. The number of carbonyl (C=O) groups is 1. The van der Waals surface area contributed by atoms with E-state index in [1.54, 1.807) is 12.5 Å². The number of rotatable bonds is 4. The molecule has 2 aromatic carbocycles. The van der Waals surface area contributed by atoms with Crippen molar-refractivity contribution in [1.82, 2.24) is 14.9 Å². The molecule has 0 N–H and O–H groups in total. The predicted octanol–water partition coefficient (Wildman–Crippen LogP) is 4.15. The van der Waals surface area contributed by atoms with Gasteiger partial charge in [0.25, 0.3) is 0 Å². The first kappa shape index (κ1) is 17.4. The van der Waals surface area contributed by atoms with Crippen molar-refractivity contribution in [2.45, 2.75) is 31.2 Å². The summed E-state index contributed by atoms with van der Waals surface area (Å²) in [7, 11) is 0. The molecule has 2 heterocycles. The maximum absolute atomic E-state index is 12.8. The molecule has 4 rings (SSSR count). The van der Waals surface area contributed by atoms with Crippen LogP contribution in [-0.2, 0) is 10.2 Å². The van der Waals surface area contributed by atoms with Gasteiger partial charge in [0, 0.05) is 24.6 Å².